The summed E-state index contributed by atoms with van der Waals surface area (Å²) < 4.78 is 1.95. The van der Waals surface area contributed by atoms with Gasteiger partial charge in [-0.15, -0.1) is 0 Å². The predicted octanol–water partition coefficient (Wildman–Crippen LogP) is 1.68. The Labute approximate surface area is 113 Å². The summed E-state index contributed by atoms with van der Waals surface area (Å²) in [5.74, 6) is 1.13. The smallest absolute Gasteiger partial charge is 0.157 e. The SMILES string of the molecule is Cc1cc2nc3c(c(NCCCN)n2n1)CCCC3. The molecule has 0 atom stereocenters. The van der Waals surface area contributed by atoms with Crippen LogP contribution >= 0.6 is 0 Å². The first-order valence-electron chi connectivity index (χ1n) is 7.11. The van der Waals surface area contributed by atoms with Crippen molar-refractivity contribution >= 4 is 11.5 Å². The highest BCUT2D eigenvalue weighted by atomic mass is 15.3. The second-order valence-corrected chi connectivity index (χ2v) is 5.22. The maximum Gasteiger partial charge on any atom is 0.157 e. The molecule has 5 heteroatoms. The second kappa shape index (κ2) is 5.17. The number of nitrogens with zero attached hydrogens (tertiary/aromatic N) is 3. The molecule has 0 saturated heterocycles. The summed E-state index contributed by atoms with van der Waals surface area (Å²) in [6.45, 7) is 3.61. The number of rotatable bonds is 4. The molecule has 2 aromatic heterocycles. The molecule has 0 amide bonds. The highest BCUT2D eigenvalue weighted by Gasteiger charge is 2.19. The van der Waals surface area contributed by atoms with Crippen LogP contribution in [0.1, 0.15) is 36.2 Å². The van der Waals surface area contributed by atoms with Gasteiger partial charge in [-0.1, -0.05) is 0 Å². The van der Waals surface area contributed by atoms with Crippen LogP contribution in [0.4, 0.5) is 5.82 Å². The topological polar surface area (TPSA) is 68.2 Å². The molecule has 0 aromatic carbocycles. The number of aromatic nitrogens is 3. The first-order chi connectivity index (χ1) is 9.29. The van der Waals surface area contributed by atoms with Crippen molar-refractivity contribution in [2.45, 2.75) is 39.0 Å². The highest BCUT2D eigenvalue weighted by molar-refractivity contribution is 5.56. The van der Waals surface area contributed by atoms with Crippen molar-refractivity contribution in [3.63, 3.8) is 0 Å². The Morgan fingerprint density at radius 3 is 3.05 bits per heavy atom. The Morgan fingerprint density at radius 1 is 1.37 bits per heavy atom. The molecule has 1 aliphatic rings. The van der Waals surface area contributed by atoms with Gasteiger partial charge in [-0.25, -0.2) is 4.98 Å². The van der Waals surface area contributed by atoms with Gasteiger partial charge < -0.3 is 11.1 Å². The van der Waals surface area contributed by atoms with Crippen molar-refractivity contribution in [3.8, 4) is 0 Å². The molecule has 0 saturated carbocycles. The maximum absolute atomic E-state index is 5.57. The number of nitrogens with one attached hydrogen (secondary N) is 1. The van der Waals surface area contributed by atoms with Gasteiger partial charge in [-0.3, -0.25) is 0 Å². The van der Waals surface area contributed by atoms with Gasteiger partial charge in [0.1, 0.15) is 5.82 Å². The number of anilines is 1. The third-order valence-corrected chi connectivity index (χ3v) is 3.67. The van der Waals surface area contributed by atoms with Crippen LogP contribution in [0, 0.1) is 6.92 Å². The van der Waals surface area contributed by atoms with Gasteiger partial charge in [0.15, 0.2) is 5.65 Å². The molecule has 0 radical (unpaired) electrons. The van der Waals surface area contributed by atoms with E-state index in [0.717, 1.165) is 43.0 Å². The Balaban J connectivity index is 2.07. The lowest BCUT2D eigenvalue weighted by Crippen LogP contribution is -2.17. The molecular weight excluding hydrogens is 238 g/mol. The van der Waals surface area contributed by atoms with E-state index < -0.39 is 0 Å². The number of hydrogen-bond acceptors (Lipinski definition) is 4. The standard InChI is InChI=1S/C14H21N5/c1-10-9-13-17-12-6-3-2-5-11(12)14(19(13)18-10)16-8-4-7-15/h9,16H,2-8,15H2,1H3. The summed E-state index contributed by atoms with van der Waals surface area (Å²) in [5, 5.41) is 8.07. The summed E-state index contributed by atoms with van der Waals surface area (Å²) in [6, 6.07) is 2.04. The van der Waals surface area contributed by atoms with Crippen molar-refractivity contribution in [2.75, 3.05) is 18.4 Å². The zero-order valence-corrected chi connectivity index (χ0v) is 11.4. The van der Waals surface area contributed by atoms with Crippen LogP contribution in [0.25, 0.3) is 5.65 Å². The Bertz CT molecular complexity index is 587. The van der Waals surface area contributed by atoms with Crippen molar-refractivity contribution < 1.29 is 0 Å². The number of nitrogens with two attached hydrogens (primary N) is 1. The fourth-order valence-corrected chi connectivity index (χ4v) is 2.75. The monoisotopic (exact) mass is 259 g/mol. The molecule has 3 rings (SSSR count). The van der Waals surface area contributed by atoms with Gasteiger partial charge in [-0.05, 0) is 45.6 Å². The van der Waals surface area contributed by atoms with Gasteiger partial charge in [0.2, 0.25) is 0 Å². The van der Waals surface area contributed by atoms with E-state index >= 15 is 0 Å². The average Bonchev–Trinajstić information content (AvgIpc) is 2.78. The quantitative estimate of drug-likeness (QED) is 0.820. The van der Waals surface area contributed by atoms with Crippen LogP contribution in [0.3, 0.4) is 0 Å². The maximum atomic E-state index is 5.57. The third kappa shape index (κ3) is 2.30. The summed E-state index contributed by atoms with van der Waals surface area (Å²) in [4.78, 5) is 4.76. The number of fused-ring (bicyclic) bond motifs is 2. The van der Waals surface area contributed by atoms with Crippen LogP contribution in [0.2, 0.25) is 0 Å². The summed E-state index contributed by atoms with van der Waals surface area (Å²) in [5.41, 5.74) is 10.1. The van der Waals surface area contributed by atoms with Crippen LogP contribution in [-0.4, -0.2) is 27.7 Å². The molecule has 1 aliphatic carbocycles. The fraction of sp³-hybridized carbons (Fsp3) is 0.571. The van der Waals surface area contributed by atoms with E-state index in [1.807, 2.05) is 17.5 Å². The third-order valence-electron chi connectivity index (χ3n) is 3.67. The molecule has 5 nitrogen and oxygen atoms in total. The van der Waals surface area contributed by atoms with E-state index in [9.17, 15) is 0 Å². The molecule has 0 fully saturated rings. The molecule has 0 unspecified atom stereocenters. The number of hydrogen-bond donors (Lipinski definition) is 2. The largest absolute Gasteiger partial charge is 0.370 e. The van der Waals surface area contributed by atoms with Crippen LogP contribution in [0.15, 0.2) is 6.07 Å². The molecule has 0 aliphatic heterocycles. The minimum atomic E-state index is 0.710. The lowest BCUT2D eigenvalue weighted by atomic mass is 9.96. The van der Waals surface area contributed by atoms with Crippen molar-refractivity contribution in [3.05, 3.63) is 23.0 Å². The average molecular weight is 259 g/mol. The molecule has 2 heterocycles. The van der Waals surface area contributed by atoms with Gasteiger partial charge in [0.05, 0.1) is 5.69 Å². The zero-order chi connectivity index (χ0) is 13.2. The Kier molecular flexibility index (Phi) is 3.38. The predicted molar refractivity (Wildman–Crippen MR) is 76.5 cm³/mol. The minimum absolute atomic E-state index is 0.710. The Morgan fingerprint density at radius 2 is 2.21 bits per heavy atom. The molecule has 19 heavy (non-hydrogen) atoms. The van der Waals surface area contributed by atoms with Gasteiger partial charge in [-0.2, -0.15) is 9.61 Å². The van der Waals surface area contributed by atoms with Crippen molar-refractivity contribution in [1.29, 1.82) is 0 Å². The second-order valence-electron chi connectivity index (χ2n) is 5.22. The molecule has 3 N–H and O–H groups in total. The molecular formula is C14H21N5. The molecule has 2 aromatic rings. The van der Waals surface area contributed by atoms with E-state index in [-0.39, 0.29) is 0 Å². The van der Waals surface area contributed by atoms with Gasteiger partial charge >= 0.3 is 0 Å². The van der Waals surface area contributed by atoms with Crippen molar-refractivity contribution in [1.82, 2.24) is 14.6 Å². The zero-order valence-electron chi connectivity index (χ0n) is 11.4. The highest BCUT2D eigenvalue weighted by Crippen LogP contribution is 2.27. The van der Waals surface area contributed by atoms with Crippen molar-refractivity contribution in [2.24, 2.45) is 5.73 Å². The normalized spacial score (nSPS) is 14.6. The Hall–Kier alpha value is -1.62. The molecule has 0 bridgehead atoms. The number of aryl methyl sites for hydroxylation is 2. The van der Waals surface area contributed by atoms with E-state index in [0.29, 0.717) is 6.54 Å². The van der Waals surface area contributed by atoms with Crippen LogP contribution in [-0.2, 0) is 12.8 Å². The summed E-state index contributed by atoms with van der Waals surface area (Å²) >= 11 is 0. The lowest BCUT2D eigenvalue weighted by molar-refractivity contribution is 0.660. The fourth-order valence-electron chi connectivity index (χ4n) is 2.75. The lowest BCUT2D eigenvalue weighted by Gasteiger charge is -2.20. The molecule has 102 valence electrons. The minimum Gasteiger partial charge on any atom is -0.370 e. The van der Waals surface area contributed by atoms with E-state index in [4.69, 9.17) is 10.7 Å². The van der Waals surface area contributed by atoms with Crippen LogP contribution < -0.4 is 11.1 Å². The van der Waals surface area contributed by atoms with E-state index in [2.05, 4.69) is 10.4 Å². The summed E-state index contributed by atoms with van der Waals surface area (Å²) in [7, 11) is 0. The molecule has 0 spiro atoms. The van der Waals surface area contributed by atoms with Crippen LogP contribution in [0.5, 0.6) is 0 Å². The first-order valence-corrected chi connectivity index (χ1v) is 7.11. The van der Waals surface area contributed by atoms with Gasteiger partial charge in [0.25, 0.3) is 0 Å². The first kappa shape index (κ1) is 12.4. The van der Waals surface area contributed by atoms with Gasteiger partial charge in [0, 0.05) is 23.9 Å². The summed E-state index contributed by atoms with van der Waals surface area (Å²) in [6.07, 6.45) is 5.64. The van der Waals surface area contributed by atoms with E-state index in [1.54, 1.807) is 0 Å². The van der Waals surface area contributed by atoms with E-state index in [1.165, 1.54) is 24.1 Å².